The van der Waals surface area contributed by atoms with Gasteiger partial charge in [-0.1, -0.05) is 27.2 Å². The van der Waals surface area contributed by atoms with E-state index in [4.69, 9.17) is 8.37 Å². The lowest BCUT2D eigenvalue weighted by Gasteiger charge is -2.62. The van der Waals surface area contributed by atoms with Crippen molar-refractivity contribution < 1.29 is 44.5 Å². The maximum Gasteiger partial charge on any atom is 0.397 e. The van der Waals surface area contributed by atoms with E-state index in [0.717, 1.165) is 57.8 Å². The number of aliphatic hydroxyl groups excluding tert-OH is 2. The van der Waals surface area contributed by atoms with Gasteiger partial charge in [-0.15, -0.1) is 0 Å². The molecule has 0 radical (unpaired) electrons. The zero-order chi connectivity index (χ0) is 28.8. The third-order valence-electron chi connectivity index (χ3n) is 11.6. The summed E-state index contributed by atoms with van der Waals surface area (Å²) in [5.41, 5.74) is -0.205. The summed E-state index contributed by atoms with van der Waals surface area (Å²) in [6.07, 6.45) is 7.37. The smallest absolute Gasteiger partial charge is 0.396 e. The van der Waals surface area contributed by atoms with E-state index in [1.807, 2.05) is 6.92 Å². The van der Waals surface area contributed by atoms with Gasteiger partial charge in [0.1, 0.15) is 6.10 Å². The first-order valence-electron chi connectivity index (χ1n) is 14.6. The number of hydrogen-bond acceptors (Lipinski definition) is 8. The molecule has 0 saturated heterocycles. The van der Waals surface area contributed by atoms with Crippen molar-refractivity contribution >= 4 is 20.8 Å². The zero-order valence-corrected chi connectivity index (χ0v) is 25.1. The molecule has 0 aromatic carbocycles. The minimum Gasteiger partial charge on any atom is -0.396 e. The van der Waals surface area contributed by atoms with Crippen molar-refractivity contribution in [2.45, 2.75) is 104 Å². The summed E-state index contributed by atoms with van der Waals surface area (Å²) in [5, 5.41) is 20.0. The Bertz CT molecular complexity index is 1060. The minimum atomic E-state index is -4.67. The lowest BCUT2D eigenvalue weighted by molar-refractivity contribution is -0.156. The van der Waals surface area contributed by atoms with Crippen LogP contribution in [0.3, 0.4) is 0 Å². The van der Waals surface area contributed by atoms with Crippen LogP contribution in [0.25, 0.3) is 0 Å². The minimum absolute atomic E-state index is 0.00127. The Kier molecular flexibility index (Phi) is 9.51. The summed E-state index contributed by atoms with van der Waals surface area (Å²) in [7, 11) is -9.21. The summed E-state index contributed by atoms with van der Waals surface area (Å²) >= 11 is 0. The van der Waals surface area contributed by atoms with Crippen molar-refractivity contribution in [3.8, 4) is 0 Å². The lowest BCUT2D eigenvalue weighted by Crippen LogP contribution is -2.57. The van der Waals surface area contributed by atoms with E-state index >= 15 is 0 Å². The van der Waals surface area contributed by atoms with Gasteiger partial charge in [0, 0.05) is 6.61 Å². The van der Waals surface area contributed by atoms with Crippen LogP contribution in [0.5, 0.6) is 0 Å². The Morgan fingerprint density at radius 1 is 0.923 bits per heavy atom. The van der Waals surface area contributed by atoms with Crippen LogP contribution >= 0.6 is 0 Å². The molecule has 0 bridgehead atoms. The van der Waals surface area contributed by atoms with E-state index in [9.17, 15) is 36.2 Å². The fraction of sp³-hybridized carbons (Fsp3) is 1.00. The predicted molar refractivity (Wildman–Crippen MR) is 144 cm³/mol. The third kappa shape index (κ3) is 6.84. The summed E-state index contributed by atoms with van der Waals surface area (Å²) in [6, 6.07) is 0. The fourth-order valence-corrected chi connectivity index (χ4v) is 10.6. The highest BCUT2D eigenvalue weighted by Crippen LogP contribution is 2.68. The van der Waals surface area contributed by atoms with Gasteiger partial charge in [0.15, 0.2) is 0 Å². The van der Waals surface area contributed by atoms with Crippen molar-refractivity contribution in [1.29, 1.82) is 0 Å². The molecule has 0 amide bonds. The third-order valence-corrected chi connectivity index (χ3v) is 12.5. The van der Waals surface area contributed by atoms with E-state index < -0.39 is 33.0 Å². The molecule has 39 heavy (non-hydrogen) atoms. The summed E-state index contributed by atoms with van der Waals surface area (Å²) < 4.78 is 74.3. The molecule has 4 fully saturated rings. The quantitative estimate of drug-likeness (QED) is 0.256. The van der Waals surface area contributed by atoms with Crippen LogP contribution < -0.4 is 0 Å². The summed E-state index contributed by atoms with van der Waals surface area (Å²) in [5.74, 6) is 1.91. The molecular weight excluding hydrogens is 548 g/mol. The van der Waals surface area contributed by atoms with Crippen LogP contribution in [0.4, 0.5) is 0 Å². The summed E-state index contributed by atoms with van der Waals surface area (Å²) in [6.45, 7) is 6.61. The van der Waals surface area contributed by atoms with Crippen LogP contribution in [-0.4, -0.2) is 61.6 Å². The molecule has 4 rings (SSSR count). The monoisotopic (exact) mass is 596 g/mol. The molecule has 0 spiro atoms. The van der Waals surface area contributed by atoms with Crippen molar-refractivity contribution in [3.63, 3.8) is 0 Å². The highest BCUT2D eigenvalue weighted by molar-refractivity contribution is 7.81. The van der Waals surface area contributed by atoms with Gasteiger partial charge >= 0.3 is 20.8 Å². The molecule has 4 aliphatic carbocycles. The van der Waals surface area contributed by atoms with Crippen molar-refractivity contribution in [3.05, 3.63) is 0 Å². The average molecular weight is 597 g/mol. The second-order valence-electron chi connectivity index (χ2n) is 13.6. The maximum absolute atomic E-state index is 11.5. The predicted octanol–water partition coefficient (Wildman–Crippen LogP) is 4.04. The van der Waals surface area contributed by atoms with Crippen LogP contribution in [0.2, 0.25) is 0 Å². The Labute approximate surface area is 234 Å². The molecule has 0 aromatic rings. The van der Waals surface area contributed by atoms with Gasteiger partial charge < -0.3 is 10.2 Å². The summed E-state index contributed by atoms with van der Waals surface area (Å²) in [4.78, 5) is 0. The van der Waals surface area contributed by atoms with Crippen LogP contribution in [0.1, 0.15) is 91.4 Å². The second-order valence-corrected chi connectivity index (χ2v) is 15.8. The molecule has 4 saturated carbocycles. The number of hydrogen-bond donors (Lipinski definition) is 4. The fourth-order valence-electron chi connectivity index (χ4n) is 9.72. The first kappa shape index (κ1) is 31.6. The molecule has 4 N–H and O–H groups in total. The van der Waals surface area contributed by atoms with Gasteiger partial charge in [-0.3, -0.25) is 9.11 Å². The Morgan fingerprint density at radius 3 is 2.26 bits per heavy atom. The van der Waals surface area contributed by atoms with E-state index in [-0.39, 0.29) is 47.7 Å². The molecule has 5 unspecified atom stereocenters. The number of aliphatic hydroxyl groups is 2. The molecule has 4 aliphatic rings. The molecule has 0 heterocycles. The SMILES string of the molecule is CC(CO)CCC[C@@H](COS(=O)(=O)O)[C@H]1CCC2C3CCC4C[C@H](O)[C@@H](OS(=O)(=O)O)C[C@]4(C)C3CC[C@@]21C. The molecular formula is C27H48O10S2. The first-order valence-corrected chi connectivity index (χ1v) is 17.4. The molecule has 0 aliphatic heterocycles. The lowest BCUT2D eigenvalue weighted by atomic mass is 9.44. The van der Waals surface area contributed by atoms with Crippen molar-refractivity contribution in [2.24, 2.45) is 52.3 Å². The van der Waals surface area contributed by atoms with Gasteiger partial charge in [0.2, 0.25) is 0 Å². The average Bonchev–Trinajstić information content (AvgIpc) is 3.17. The van der Waals surface area contributed by atoms with Crippen LogP contribution in [0.15, 0.2) is 0 Å². The Hall–Kier alpha value is -0.340. The molecule has 11 atom stereocenters. The van der Waals surface area contributed by atoms with E-state index in [1.165, 1.54) is 0 Å². The largest absolute Gasteiger partial charge is 0.397 e. The highest BCUT2D eigenvalue weighted by atomic mass is 32.3. The van der Waals surface area contributed by atoms with E-state index in [2.05, 4.69) is 13.8 Å². The first-order chi connectivity index (χ1) is 18.1. The second kappa shape index (κ2) is 11.7. The van der Waals surface area contributed by atoms with E-state index in [0.29, 0.717) is 30.6 Å². The molecule has 12 heteroatoms. The van der Waals surface area contributed by atoms with Crippen molar-refractivity contribution in [2.75, 3.05) is 13.2 Å². The highest BCUT2D eigenvalue weighted by Gasteiger charge is 2.62. The zero-order valence-electron chi connectivity index (χ0n) is 23.4. The Morgan fingerprint density at radius 2 is 1.62 bits per heavy atom. The van der Waals surface area contributed by atoms with Gasteiger partial charge in [0.05, 0.1) is 12.7 Å². The van der Waals surface area contributed by atoms with Crippen molar-refractivity contribution in [1.82, 2.24) is 0 Å². The molecule has 228 valence electrons. The Balaban J connectivity index is 1.52. The number of fused-ring (bicyclic) bond motifs is 5. The molecule has 0 aromatic heterocycles. The van der Waals surface area contributed by atoms with Gasteiger partial charge in [-0.05, 0) is 116 Å². The van der Waals surface area contributed by atoms with Gasteiger partial charge in [-0.2, -0.15) is 16.8 Å². The maximum atomic E-state index is 11.5. The number of rotatable bonds is 11. The van der Waals surface area contributed by atoms with E-state index in [1.54, 1.807) is 0 Å². The van der Waals surface area contributed by atoms with Gasteiger partial charge in [-0.25, -0.2) is 8.37 Å². The topological polar surface area (TPSA) is 168 Å². The van der Waals surface area contributed by atoms with Crippen LogP contribution in [0, 0.1) is 52.3 Å². The molecule has 10 nitrogen and oxygen atoms in total. The van der Waals surface area contributed by atoms with Gasteiger partial charge in [0.25, 0.3) is 0 Å². The normalized spacial score (nSPS) is 42.3. The standard InChI is InChI=1S/C27H48O10S2/c1-17(15-28)5-4-6-18(16-36-38(30,31)32)21-9-10-22-20-8-7-19-13-24(29)25(37-39(33,34)35)14-27(19,3)23(20)11-12-26(21,22)2/h17-25,28-29H,4-16H2,1-3H3,(H,30,31,32)(H,33,34,35)/t17?,18-,19?,20?,21+,22?,23?,24-,25-,26+,27-/m0/s1. The van der Waals surface area contributed by atoms with Crippen LogP contribution in [-0.2, 0) is 29.2 Å².